The van der Waals surface area contributed by atoms with Gasteiger partial charge in [-0.3, -0.25) is 4.79 Å². The van der Waals surface area contributed by atoms with Crippen molar-refractivity contribution in [1.82, 2.24) is 10.6 Å². The molecule has 2 N–H and O–H groups in total. The van der Waals surface area contributed by atoms with Gasteiger partial charge in [-0.25, -0.2) is 0 Å². The highest BCUT2D eigenvalue weighted by Crippen LogP contribution is 2.34. The Labute approximate surface area is 113 Å². The van der Waals surface area contributed by atoms with Crippen molar-refractivity contribution < 1.29 is 4.79 Å². The van der Waals surface area contributed by atoms with Gasteiger partial charge < -0.3 is 10.6 Å². The van der Waals surface area contributed by atoms with Crippen molar-refractivity contribution in [1.29, 1.82) is 0 Å². The van der Waals surface area contributed by atoms with Gasteiger partial charge in [0.05, 0.1) is 6.54 Å². The Morgan fingerprint density at radius 1 is 1.56 bits per heavy atom. The lowest BCUT2D eigenvalue weighted by Crippen LogP contribution is -2.39. The Hall–Kier alpha value is -1.13. The maximum Gasteiger partial charge on any atom is 0.234 e. The van der Waals surface area contributed by atoms with E-state index in [2.05, 4.69) is 49.4 Å². The van der Waals surface area contributed by atoms with E-state index in [1.54, 1.807) is 17.4 Å². The second-order valence-corrected chi connectivity index (χ2v) is 6.27. The quantitative estimate of drug-likeness (QED) is 0.777. The summed E-state index contributed by atoms with van der Waals surface area (Å²) in [6, 6.07) is 4.33. The minimum Gasteiger partial charge on any atom is -0.352 e. The van der Waals surface area contributed by atoms with Crippen LogP contribution in [0, 0.1) is 5.41 Å². The molecule has 0 aliphatic rings. The van der Waals surface area contributed by atoms with Crippen LogP contribution in [0.1, 0.15) is 31.7 Å². The van der Waals surface area contributed by atoms with Gasteiger partial charge in [0.25, 0.3) is 0 Å². The van der Waals surface area contributed by atoms with Crippen molar-refractivity contribution in [3.05, 3.63) is 35.0 Å². The summed E-state index contributed by atoms with van der Waals surface area (Å²) in [5, 5.41) is 8.17. The molecule has 0 bridgehead atoms. The third-order valence-electron chi connectivity index (χ3n) is 2.60. The molecule has 1 aromatic rings. The SMILES string of the molecule is C=CCNC(=O)CNC(c1cccs1)C(C)(C)C. The molecule has 0 radical (unpaired) electrons. The molecule has 0 saturated carbocycles. The lowest BCUT2D eigenvalue weighted by Gasteiger charge is -2.30. The zero-order valence-corrected chi connectivity index (χ0v) is 12.1. The van der Waals surface area contributed by atoms with Crippen LogP contribution in [0.15, 0.2) is 30.2 Å². The number of amides is 1. The molecule has 0 spiro atoms. The molecule has 3 nitrogen and oxygen atoms in total. The highest BCUT2D eigenvalue weighted by atomic mass is 32.1. The van der Waals surface area contributed by atoms with Gasteiger partial charge in [0.1, 0.15) is 0 Å². The van der Waals surface area contributed by atoms with Crippen molar-refractivity contribution in [2.24, 2.45) is 5.41 Å². The monoisotopic (exact) mass is 266 g/mol. The topological polar surface area (TPSA) is 41.1 Å². The zero-order valence-electron chi connectivity index (χ0n) is 11.3. The molecule has 1 heterocycles. The van der Waals surface area contributed by atoms with Gasteiger partial charge in [0, 0.05) is 17.5 Å². The van der Waals surface area contributed by atoms with E-state index in [4.69, 9.17) is 0 Å². The van der Waals surface area contributed by atoms with E-state index in [1.165, 1.54) is 4.88 Å². The molecule has 4 heteroatoms. The summed E-state index contributed by atoms with van der Waals surface area (Å²) in [6.07, 6.45) is 1.68. The van der Waals surface area contributed by atoms with Crippen molar-refractivity contribution in [2.75, 3.05) is 13.1 Å². The first-order valence-corrected chi connectivity index (χ1v) is 6.97. The van der Waals surface area contributed by atoms with Gasteiger partial charge in [-0.15, -0.1) is 17.9 Å². The molecular formula is C14H22N2OS. The standard InChI is InChI=1S/C14H22N2OS/c1-5-8-15-12(17)10-16-13(14(2,3)4)11-7-6-9-18-11/h5-7,9,13,16H,1,8,10H2,2-4H3,(H,15,17). The Kier molecular flexibility index (Phi) is 5.56. The van der Waals surface area contributed by atoms with Crippen LogP contribution < -0.4 is 10.6 Å². The summed E-state index contributed by atoms with van der Waals surface area (Å²) < 4.78 is 0. The van der Waals surface area contributed by atoms with Crippen LogP contribution in [0.5, 0.6) is 0 Å². The highest BCUT2D eigenvalue weighted by molar-refractivity contribution is 7.10. The van der Waals surface area contributed by atoms with Crippen molar-refractivity contribution >= 4 is 17.2 Å². The van der Waals surface area contributed by atoms with Crippen molar-refractivity contribution in [3.63, 3.8) is 0 Å². The van der Waals surface area contributed by atoms with Gasteiger partial charge in [-0.2, -0.15) is 0 Å². The Morgan fingerprint density at radius 2 is 2.28 bits per heavy atom. The molecule has 1 rings (SSSR count). The molecule has 18 heavy (non-hydrogen) atoms. The summed E-state index contributed by atoms with van der Waals surface area (Å²) in [4.78, 5) is 12.8. The minimum absolute atomic E-state index is 0.000654. The predicted molar refractivity (Wildman–Crippen MR) is 77.7 cm³/mol. The molecule has 1 atom stereocenters. The molecule has 1 amide bonds. The number of rotatable bonds is 6. The number of nitrogens with one attached hydrogen (secondary N) is 2. The van der Waals surface area contributed by atoms with E-state index in [-0.39, 0.29) is 17.4 Å². The lowest BCUT2D eigenvalue weighted by molar-refractivity contribution is -0.120. The van der Waals surface area contributed by atoms with Crippen LogP contribution in [0.25, 0.3) is 0 Å². The first-order chi connectivity index (χ1) is 8.45. The van der Waals surface area contributed by atoms with Gasteiger partial charge in [0.2, 0.25) is 5.91 Å². The summed E-state index contributed by atoms with van der Waals surface area (Å²) in [7, 11) is 0. The normalized spacial score (nSPS) is 13.1. The van der Waals surface area contributed by atoms with Crippen LogP contribution in [0.4, 0.5) is 0 Å². The maximum absolute atomic E-state index is 11.6. The molecule has 0 aliphatic carbocycles. The largest absolute Gasteiger partial charge is 0.352 e. The summed E-state index contributed by atoms with van der Waals surface area (Å²) in [5.41, 5.74) is 0.0730. The van der Waals surface area contributed by atoms with E-state index in [1.807, 2.05) is 6.07 Å². The Bertz CT molecular complexity index is 379. The highest BCUT2D eigenvalue weighted by Gasteiger charge is 2.26. The molecule has 0 fully saturated rings. The lowest BCUT2D eigenvalue weighted by atomic mass is 9.86. The van der Waals surface area contributed by atoms with Gasteiger partial charge in [0.15, 0.2) is 0 Å². The summed E-state index contributed by atoms with van der Waals surface area (Å²) in [6.45, 7) is 10.9. The number of hydrogen-bond acceptors (Lipinski definition) is 3. The molecular weight excluding hydrogens is 244 g/mol. The molecule has 0 saturated heterocycles. The summed E-state index contributed by atoms with van der Waals surface area (Å²) in [5.74, 6) is 0.000654. The fraction of sp³-hybridized carbons (Fsp3) is 0.500. The number of thiophene rings is 1. The number of hydrogen-bond donors (Lipinski definition) is 2. The molecule has 1 aromatic heterocycles. The third kappa shape index (κ3) is 4.63. The number of carbonyl (C=O) groups is 1. The van der Waals surface area contributed by atoms with Crippen LogP contribution in [0.2, 0.25) is 0 Å². The van der Waals surface area contributed by atoms with Crippen LogP contribution in [0.3, 0.4) is 0 Å². The molecule has 0 aromatic carbocycles. The van der Waals surface area contributed by atoms with E-state index in [0.717, 1.165) is 0 Å². The second kappa shape index (κ2) is 6.71. The minimum atomic E-state index is 0.000654. The first kappa shape index (κ1) is 14.9. The van der Waals surface area contributed by atoms with Crippen molar-refractivity contribution in [2.45, 2.75) is 26.8 Å². The fourth-order valence-electron chi connectivity index (χ4n) is 1.73. The summed E-state index contributed by atoms with van der Waals surface area (Å²) >= 11 is 1.72. The zero-order chi connectivity index (χ0) is 13.6. The van der Waals surface area contributed by atoms with Gasteiger partial charge in [-0.05, 0) is 16.9 Å². The van der Waals surface area contributed by atoms with Crippen LogP contribution in [-0.4, -0.2) is 19.0 Å². The van der Waals surface area contributed by atoms with E-state index in [0.29, 0.717) is 13.1 Å². The smallest absolute Gasteiger partial charge is 0.234 e. The molecule has 1 unspecified atom stereocenters. The maximum atomic E-state index is 11.6. The molecule has 0 aliphatic heterocycles. The third-order valence-corrected chi connectivity index (χ3v) is 3.54. The Balaban J connectivity index is 2.59. The fourth-order valence-corrected chi connectivity index (χ4v) is 2.78. The first-order valence-electron chi connectivity index (χ1n) is 6.09. The molecule has 100 valence electrons. The van der Waals surface area contributed by atoms with E-state index >= 15 is 0 Å². The average Bonchev–Trinajstić information content (AvgIpc) is 2.78. The average molecular weight is 266 g/mol. The van der Waals surface area contributed by atoms with Crippen LogP contribution >= 0.6 is 11.3 Å². The number of carbonyl (C=O) groups excluding carboxylic acids is 1. The van der Waals surface area contributed by atoms with E-state index < -0.39 is 0 Å². The van der Waals surface area contributed by atoms with Gasteiger partial charge in [-0.1, -0.05) is 32.9 Å². The Morgan fingerprint density at radius 3 is 2.78 bits per heavy atom. The van der Waals surface area contributed by atoms with Crippen molar-refractivity contribution in [3.8, 4) is 0 Å². The predicted octanol–water partition coefficient (Wildman–Crippen LogP) is 2.73. The van der Waals surface area contributed by atoms with Gasteiger partial charge >= 0.3 is 0 Å². The van der Waals surface area contributed by atoms with Crippen LogP contribution in [-0.2, 0) is 4.79 Å². The van der Waals surface area contributed by atoms with E-state index in [9.17, 15) is 4.79 Å². The second-order valence-electron chi connectivity index (χ2n) is 5.29.